The summed E-state index contributed by atoms with van der Waals surface area (Å²) in [6, 6.07) is 13.8. The van der Waals surface area contributed by atoms with E-state index in [1.54, 1.807) is 17.8 Å². The van der Waals surface area contributed by atoms with Gasteiger partial charge in [-0.3, -0.25) is 14.9 Å². The number of amides is 2. The Morgan fingerprint density at radius 1 is 1.18 bits per heavy atom. The molecule has 0 saturated carbocycles. The lowest BCUT2D eigenvalue weighted by atomic mass is 10.2. The van der Waals surface area contributed by atoms with E-state index in [1.807, 2.05) is 34.5 Å². The third-order valence-electron chi connectivity index (χ3n) is 4.39. The number of aromatic nitrogens is 1. The number of benzene rings is 1. The highest BCUT2D eigenvalue weighted by Gasteiger charge is 2.24. The van der Waals surface area contributed by atoms with Crippen LogP contribution in [0.4, 0.5) is 5.13 Å². The zero-order chi connectivity index (χ0) is 19.3. The van der Waals surface area contributed by atoms with Gasteiger partial charge in [0.1, 0.15) is 0 Å². The molecule has 2 amide bonds. The van der Waals surface area contributed by atoms with E-state index in [4.69, 9.17) is 0 Å². The van der Waals surface area contributed by atoms with Gasteiger partial charge in [0.15, 0.2) is 5.13 Å². The van der Waals surface area contributed by atoms with Gasteiger partial charge >= 0.3 is 0 Å². The van der Waals surface area contributed by atoms with Crippen molar-refractivity contribution < 1.29 is 9.59 Å². The molecule has 8 heteroatoms. The number of hydrogen-bond acceptors (Lipinski definition) is 6. The normalized spacial score (nSPS) is 13.2. The van der Waals surface area contributed by atoms with Gasteiger partial charge in [0.25, 0.3) is 5.91 Å². The summed E-state index contributed by atoms with van der Waals surface area (Å²) < 4.78 is 0. The predicted molar refractivity (Wildman–Crippen MR) is 116 cm³/mol. The molecule has 0 saturated heterocycles. The Labute approximate surface area is 175 Å². The molecule has 0 atom stereocenters. The van der Waals surface area contributed by atoms with E-state index in [0.717, 1.165) is 22.7 Å². The van der Waals surface area contributed by atoms with Crippen LogP contribution >= 0.6 is 34.4 Å². The van der Waals surface area contributed by atoms with Crippen LogP contribution in [0.3, 0.4) is 0 Å². The molecule has 1 aliphatic rings. The largest absolute Gasteiger partial charge is 0.336 e. The van der Waals surface area contributed by atoms with E-state index in [-0.39, 0.29) is 11.8 Å². The average Bonchev–Trinajstić information content (AvgIpc) is 3.37. The van der Waals surface area contributed by atoms with Crippen LogP contribution in [0, 0.1) is 0 Å². The molecule has 2 aromatic heterocycles. The van der Waals surface area contributed by atoms with Crippen molar-refractivity contribution in [3.8, 4) is 0 Å². The van der Waals surface area contributed by atoms with Crippen molar-refractivity contribution in [3.05, 3.63) is 68.9 Å². The van der Waals surface area contributed by atoms with Crippen LogP contribution in [0.1, 0.15) is 25.8 Å². The molecule has 0 bridgehead atoms. The van der Waals surface area contributed by atoms with Crippen molar-refractivity contribution in [3.63, 3.8) is 0 Å². The first-order chi connectivity index (χ1) is 13.7. The number of carbonyl (C=O) groups is 2. The Bertz CT molecular complexity index is 955. The smallest absolute Gasteiger partial charge is 0.267 e. The molecule has 0 radical (unpaired) electrons. The number of nitrogens with zero attached hydrogens (tertiary/aromatic N) is 2. The number of carbonyl (C=O) groups excluding carboxylic acids is 2. The number of thioether (sulfide) groups is 1. The number of rotatable bonds is 6. The van der Waals surface area contributed by atoms with Crippen molar-refractivity contribution >= 4 is 51.4 Å². The van der Waals surface area contributed by atoms with Crippen LogP contribution in [0.2, 0.25) is 0 Å². The number of anilines is 1. The summed E-state index contributed by atoms with van der Waals surface area (Å²) >= 11 is 4.51. The lowest BCUT2D eigenvalue weighted by Crippen LogP contribution is -2.36. The first-order valence-corrected chi connectivity index (χ1v) is 11.8. The second kappa shape index (κ2) is 8.89. The zero-order valence-corrected chi connectivity index (χ0v) is 17.5. The molecular formula is C20H19N3O2S3. The maximum Gasteiger partial charge on any atom is 0.267 e. The first kappa shape index (κ1) is 19.2. The van der Waals surface area contributed by atoms with E-state index in [0.29, 0.717) is 28.9 Å². The van der Waals surface area contributed by atoms with Crippen LogP contribution in [-0.2, 0) is 23.5 Å². The maximum atomic E-state index is 12.6. The van der Waals surface area contributed by atoms with Crippen molar-refractivity contribution in [1.82, 2.24) is 9.88 Å². The molecule has 1 aliphatic heterocycles. The van der Waals surface area contributed by atoms with Gasteiger partial charge in [0.05, 0.1) is 22.9 Å². The van der Waals surface area contributed by atoms with E-state index in [1.165, 1.54) is 28.2 Å². The Morgan fingerprint density at radius 2 is 2.04 bits per heavy atom. The molecule has 1 aromatic carbocycles. The molecule has 0 fully saturated rings. The van der Waals surface area contributed by atoms with E-state index in [9.17, 15) is 9.59 Å². The van der Waals surface area contributed by atoms with E-state index >= 15 is 0 Å². The molecule has 0 spiro atoms. The SMILES string of the molecule is O=C(Nc1nc2c(s1)CN(C(=O)CSCc1ccccc1)CC2)c1cccs1. The lowest BCUT2D eigenvalue weighted by Gasteiger charge is -2.26. The average molecular weight is 430 g/mol. The fourth-order valence-electron chi connectivity index (χ4n) is 2.95. The predicted octanol–water partition coefficient (Wildman–Crippen LogP) is 4.28. The summed E-state index contributed by atoms with van der Waals surface area (Å²) in [7, 11) is 0. The second-order valence-corrected chi connectivity index (χ2v) is 9.38. The van der Waals surface area contributed by atoms with Crippen molar-refractivity contribution in [1.29, 1.82) is 0 Å². The fraction of sp³-hybridized carbons (Fsp3) is 0.250. The molecule has 0 unspecified atom stereocenters. The summed E-state index contributed by atoms with van der Waals surface area (Å²) in [6.07, 6.45) is 0.732. The van der Waals surface area contributed by atoms with Crippen LogP contribution < -0.4 is 5.32 Å². The topological polar surface area (TPSA) is 62.3 Å². The van der Waals surface area contributed by atoms with Gasteiger partial charge in [0.2, 0.25) is 5.91 Å². The van der Waals surface area contributed by atoms with Gasteiger partial charge in [-0.05, 0) is 17.0 Å². The minimum absolute atomic E-state index is 0.133. The summed E-state index contributed by atoms with van der Waals surface area (Å²) in [5.41, 5.74) is 2.22. The molecule has 4 rings (SSSR count). The molecule has 3 aromatic rings. The fourth-order valence-corrected chi connectivity index (χ4v) is 5.48. The number of hydrogen-bond donors (Lipinski definition) is 1. The van der Waals surface area contributed by atoms with E-state index < -0.39 is 0 Å². The Morgan fingerprint density at radius 3 is 2.82 bits per heavy atom. The molecule has 144 valence electrons. The standard InChI is InChI=1S/C20H19N3O2S3/c24-18(13-26-12-14-5-2-1-3-6-14)23-9-8-15-17(11-23)28-20(21-15)22-19(25)16-7-4-10-27-16/h1-7,10H,8-9,11-13H2,(H,21,22,25). The van der Waals surface area contributed by atoms with Gasteiger partial charge < -0.3 is 4.90 Å². The molecule has 1 N–H and O–H groups in total. The van der Waals surface area contributed by atoms with Gasteiger partial charge in [-0.1, -0.05) is 47.7 Å². The number of thiazole rings is 1. The van der Waals surface area contributed by atoms with Gasteiger partial charge in [0, 0.05) is 23.6 Å². The van der Waals surface area contributed by atoms with Crippen molar-refractivity contribution in [2.24, 2.45) is 0 Å². The quantitative estimate of drug-likeness (QED) is 0.635. The molecular weight excluding hydrogens is 410 g/mol. The lowest BCUT2D eigenvalue weighted by molar-refractivity contribution is -0.129. The van der Waals surface area contributed by atoms with Crippen LogP contribution in [0.25, 0.3) is 0 Å². The highest BCUT2D eigenvalue weighted by atomic mass is 32.2. The van der Waals surface area contributed by atoms with Gasteiger partial charge in [-0.15, -0.1) is 23.1 Å². The summed E-state index contributed by atoms with van der Waals surface area (Å²) in [5, 5.41) is 5.35. The maximum absolute atomic E-state index is 12.6. The summed E-state index contributed by atoms with van der Waals surface area (Å²) in [5.74, 6) is 1.34. The summed E-state index contributed by atoms with van der Waals surface area (Å²) in [6.45, 7) is 1.26. The third kappa shape index (κ3) is 4.63. The minimum atomic E-state index is -0.133. The highest BCUT2D eigenvalue weighted by Crippen LogP contribution is 2.29. The van der Waals surface area contributed by atoms with Gasteiger partial charge in [-0.2, -0.15) is 0 Å². The zero-order valence-electron chi connectivity index (χ0n) is 15.1. The first-order valence-electron chi connectivity index (χ1n) is 8.92. The van der Waals surface area contributed by atoms with Crippen molar-refractivity contribution in [2.45, 2.75) is 18.7 Å². The monoisotopic (exact) mass is 429 g/mol. The Balaban J connectivity index is 1.31. The van der Waals surface area contributed by atoms with Crippen LogP contribution in [0.5, 0.6) is 0 Å². The Kier molecular flexibility index (Phi) is 6.09. The highest BCUT2D eigenvalue weighted by molar-refractivity contribution is 7.99. The summed E-state index contributed by atoms with van der Waals surface area (Å²) in [4.78, 5) is 32.9. The minimum Gasteiger partial charge on any atom is -0.336 e. The van der Waals surface area contributed by atoms with Gasteiger partial charge in [-0.25, -0.2) is 4.98 Å². The van der Waals surface area contributed by atoms with E-state index in [2.05, 4.69) is 22.4 Å². The second-order valence-electron chi connectivity index (χ2n) is 6.36. The molecule has 0 aliphatic carbocycles. The number of fused-ring (bicyclic) bond motifs is 1. The Hall–Kier alpha value is -2.16. The number of nitrogens with one attached hydrogen (secondary N) is 1. The third-order valence-corrected chi connectivity index (χ3v) is 7.24. The molecule has 5 nitrogen and oxygen atoms in total. The molecule has 28 heavy (non-hydrogen) atoms. The van der Waals surface area contributed by atoms with Crippen LogP contribution in [0.15, 0.2) is 47.8 Å². The number of thiophene rings is 1. The molecule has 3 heterocycles. The van der Waals surface area contributed by atoms with Crippen molar-refractivity contribution in [2.75, 3.05) is 17.6 Å². The van der Waals surface area contributed by atoms with Crippen LogP contribution in [-0.4, -0.2) is 34.0 Å².